The summed E-state index contributed by atoms with van der Waals surface area (Å²) < 4.78 is 0. The van der Waals surface area contributed by atoms with Crippen LogP contribution in [0.2, 0.25) is 0 Å². The third-order valence-corrected chi connectivity index (χ3v) is 3.21. The monoisotopic (exact) mass is 291 g/mol. The van der Waals surface area contributed by atoms with Crippen molar-refractivity contribution in [1.29, 1.82) is 0 Å². The van der Waals surface area contributed by atoms with Crippen LogP contribution in [-0.2, 0) is 4.79 Å². The van der Waals surface area contributed by atoms with Gasteiger partial charge in [0.1, 0.15) is 0 Å². The number of nitrogens with zero attached hydrogens (tertiary/aromatic N) is 1. The number of amides is 2. The van der Waals surface area contributed by atoms with Gasteiger partial charge >= 0.3 is 0 Å². The largest absolute Gasteiger partial charge is 0.345 e. The van der Waals surface area contributed by atoms with Crippen LogP contribution in [0.1, 0.15) is 36.2 Å². The molecule has 2 N–H and O–H groups in total. The fourth-order valence-corrected chi connectivity index (χ4v) is 2.05. The van der Waals surface area contributed by atoms with E-state index in [1.807, 2.05) is 26.8 Å². The van der Waals surface area contributed by atoms with Crippen molar-refractivity contribution in [2.45, 2.75) is 33.2 Å². The van der Waals surface area contributed by atoms with E-state index in [1.165, 1.54) is 4.90 Å². The Balaban J connectivity index is 2.80. The highest BCUT2D eigenvalue weighted by molar-refractivity contribution is 5.97. The Labute approximate surface area is 126 Å². The van der Waals surface area contributed by atoms with Crippen LogP contribution in [0.3, 0.4) is 0 Å². The van der Waals surface area contributed by atoms with Crippen molar-refractivity contribution in [3.05, 3.63) is 29.3 Å². The van der Waals surface area contributed by atoms with Crippen LogP contribution >= 0.6 is 0 Å². The highest BCUT2D eigenvalue weighted by atomic mass is 16.2. The van der Waals surface area contributed by atoms with Crippen LogP contribution < -0.4 is 10.6 Å². The van der Waals surface area contributed by atoms with Gasteiger partial charge in [-0.3, -0.25) is 9.59 Å². The Morgan fingerprint density at radius 2 is 1.95 bits per heavy atom. The number of hydrogen-bond acceptors (Lipinski definition) is 3. The maximum Gasteiger partial charge on any atom is 0.253 e. The topological polar surface area (TPSA) is 61.4 Å². The molecule has 0 saturated heterocycles. The molecule has 0 bridgehead atoms. The van der Waals surface area contributed by atoms with Crippen LogP contribution in [0.25, 0.3) is 0 Å². The van der Waals surface area contributed by atoms with Crippen molar-refractivity contribution in [3.8, 4) is 0 Å². The summed E-state index contributed by atoms with van der Waals surface area (Å²) in [6.45, 7) is 6.73. The van der Waals surface area contributed by atoms with Crippen molar-refractivity contribution in [2.75, 3.05) is 26.0 Å². The van der Waals surface area contributed by atoms with E-state index in [-0.39, 0.29) is 17.9 Å². The van der Waals surface area contributed by atoms with Crippen molar-refractivity contribution in [2.24, 2.45) is 0 Å². The molecule has 1 aromatic carbocycles. The molecule has 0 radical (unpaired) electrons. The maximum atomic E-state index is 12.0. The van der Waals surface area contributed by atoms with E-state index < -0.39 is 0 Å². The fourth-order valence-electron chi connectivity index (χ4n) is 2.05. The molecular formula is C16H25N3O2. The normalized spacial score (nSPS) is 11.9. The smallest absolute Gasteiger partial charge is 0.253 e. The predicted molar refractivity (Wildman–Crippen MR) is 85.6 cm³/mol. The lowest BCUT2D eigenvalue weighted by atomic mass is 10.1. The van der Waals surface area contributed by atoms with Crippen LogP contribution in [0.5, 0.6) is 0 Å². The van der Waals surface area contributed by atoms with Gasteiger partial charge in [-0.05, 0) is 38.1 Å². The zero-order chi connectivity index (χ0) is 16.0. The summed E-state index contributed by atoms with van der Waals surface area (Å²) in [6.07, 6.45) is 0.402. The number of rotatable bonds is 6. The Morgan fingerprint density at radius 1 is 1.29 bits per heavy atom. The first-order valence-electron chi connectivity index (χ1n) is 7.20. The highest BCUT2D eigenvalue weighted by Crippen LogP contribution is 2.18. The molecule has 21 heavy (non-hydrogen) atoms. The summed E-state index contributed by atoms with van der Waals surface area (Å²) in [6, 6.07) is 5.48. The van der Waals surface area contributed by atoms with Gasteiger partial charge in [-0.15, -0.1) is 0 Å². The molecule has 2 amide bonds. The minimum atomic E-state index is -0.0773. The van der Waals surface area contributed by atoms with E-state index in [0.29, 0.717) is 17.7 Å². The summed E-state index contributed by atoms with van der Waals surface area (Å²) >= 11 is 0. The number of benzene rings is 1. The molecule has 0 saturated carbocycles. The van der Waals surface area contributed by atoms with E-state index in [2.05, 4.69) is 10.6 Å². The lowest BCUT2D eigenvalue weighted by molar-refractivity contribution is -0.116. The molecule has 0 aromatic heterocycles. The molecule has 1 unspecified atom stereocenters. The zero-order valence-corrected chi connectivity index (χ0v) is 13.5. The van der Waals surface area contributed by atoms with Crippen LogP contribution in [0.4, 0.5) is 5.69 Å². The zero-order valence-electron chi connectivity index (χ0n) is 13.5. The molecule has 1 aromatic rings. The Bertz CT molecular complexity index is 512. The molecular weight excluding hydrogens is 266 g/mol. The fraction of sp³-hybridized carbons (Fsp3) is 0.500. The van der Waals surface area contributed by atoms with E-state index in [0.717, 1.165) is 12.1 Å². The van der Waals surface area contributed by atoms with Gasteiger partial charge in [-0.1, -0.05) is 13.0 Å². The van der Waals surface area contributed by atoms with Gasteiger partial charge in [0.25, 0.3) is 5.91 Å². The lowest BCUT2D eigenvalue weighted by Gasteiger charge is -2.15. The number of nitrogens with one attached hydrogen (secondary N) is 2. The molecule has 0 aliphatic carbocycles. The van der Waals surface area contributed by atoms with E-state index in [1.54, 1.807) is 26.2 Å². The van der Waals surface area contributed by atoms with Gasteiger partial charge in [-0.25, -0.2) is 0 Å². The standard InChI is InChI=1S/C16H25N3O2/c1-6-17-12(3)9-15(20)18-14-10-13(8-7-11(14)2)16(21)19(4)5/h7-8,10,12,17H,6,9H2,1-5H3,(H,18,20). The van der Waals surface area contributed by atoms with E-state index in [9.17, 15) is 9.59 Å². The van der Waals surface area contributed by atoms with Crippen molar-refractivity contribution in [1.82, 2.24) is 10.2 Å². The first kappa shape index (κ1) is 17.2. The number of carbonyl (C=O) groups excluding carboxylic acids is 2. The van der Waals surface area contributed by atoms with Crippen LogP contribution in [-0.4, -0.2) is 43.4 Å². The average Bonchev–Trinajstić information content (AvgIpc) is 2.40. The molecule has 0 aliphatic heterocycles. The third-order valence-electron chi connectivity index (χ3n) is 3.21. The highest BCUT2D eigenvalue weighted by Gasteiger charge is 2.13. The second kappa shape index (κ2) is 7.78. The lowest BCUT2D eigenvalue weighted by Crippen LogP contribution is -2.30. The van der Waals surface area contributed by atoms with Gasteiger partial charge < -0.3 is 15.5 Å². The minimum absolute atomic E-state index is 0.0546. The van der Waals surface area contributed by atoms with E-state index >= 15 is 0 Å². The third kappa shape index (κ3) is 5.19. The van der Waals surface area contributed by atoms with Crippen LogP contribution in [0, 0.1) is 6.92 Å². The molecule has 0 aliphatic rings. The van der Waals surface area contributed by atoms with Gasteiger partial charge in [0.05, 0.1) is 0 Å². The molecule has 0 fully saturated rings. The summed E-state index contributed by atoms with van der Waals surface area (Å²) in [5, 5.41) is 6.08. The Morgan fingerprint density at radius 3 is 2.52 bits per heavy atom. The number of aryl methyl sites for hydroxylation is 1. The summed E-state index contributed by atoms with van der Waals surface area (Å²) in [7, 11) is 3.41. The Kier molecular flexibility index (Phi) is 6.37. The SMILES string of the molecule is CCNC(C)CC(=O)Nc1cc(C(=O)N(C)C)ccc1C. The van der Waals surface area contributed by atoms with Crippen molar-refractivity contribution in [3.63, 3.8) is 0 Å². The molecule has 116 valence electrons. The number of carbonyl (C=O) groups is 2. The molecule has 0 spiro atoms. The summed E-state index contributed by atoms with van der Waals surface area (Å²) in [4.78, 5) is 25.5. The molecule has 1 rings (SSSR count). The van der Waals surface area contributed by atoms with Crippen LogP contribution in [0.15, 0.2) is 18.2 Å². The molecule has 5 heteroatoms. The van der Waals surface area contributed by atoms with Crippen molar-refractivity contribution < 1.29 is 9.59 Å². The first-order chi connectivity index (χ1) is 9.85. The summed E-state index contributed by atoms with van der Waals surface area (Å²) in [5.41, 5.74) is 2.20. The second-order valence-corrected chi connectivity index (χ2v) is 5.44. The van der Waals surface area contributed by atoms with Gasteiger partial charge in [0.15, 0.2) is 0 Å². The van der Waals surface area contributed by atoms with Gasteiger partial charge in [0.2, 0.25) is 5.91 Å². The van der Waals surface area contributed by atoms with Gasteiger partial charge in [0, 0.05) is 37.8 Å². The molecule has 0 heterocycles. The molecule has 1 atom stereocenters. The molecule has 5 nitrogen and oxygen atoms in total. The Hall–Kier alpha value is -1.88. The first-order valence-corrected chi connectivity index (χ1v) is 7.20. The van der Waals surface area contributed by atoms with Gasteiger partial charge in [-0.2, -0.15) is 0 Å². The number of hydrogen-bond donors (Lipinski definition) is 2. The quantitative estimate of drug-likeness (QED) is 0.843. The summed E-state index contributed by atoms with van der Waals surface area (Å²) in [5.74, 6) is -0.132. The van der Waals surface area contributed by atoms with Crippen molar-refractivity contribution >= 4 is 17.5 Å². The average molecular weight is 291 g/mol. The second-order valence-electron chi connectivity index (χ2n) is 5.44. The van der Waals surface area contributed by atoms with E-state index in [4.69, 9.17) is 0 Å². The maximum absolute atomic E-state index is 12.0. The minimum Gasteiger partial charge on any atom is -0.345 e. The predicted octanol–water partition coefficient (Wildman–Crippen LogP) is 2.02. The number of anilines is 1.